The maximum absolute atomic E-state index is 5.77. The third-order valence-electron chi connectivity index (χ3n) is 1.78. The monoisotopic (exact) mass is 214 g/mol. The number of benzene rings is 1. The number of hydrogen-bond donors (Lipinski definition) is 2. The molecule has 0 atom stereocenters. The molecule has 4 heteroatoms. The molecule has 0 saturated carbocycles. The Labute approximate surface area is 89.2 Å². The average Bonchev–Trinajstić information content (AvgIpc) is 2.15. The van der Waals surface area contributed by atoms with Gasteiger partial charge in [-0.1, -0.05) is 11.6 Å². The Hall–Kier alpha value is -0.930. The highest BCUT2D eigenvalue weighted by molar-refractivity contribution is 6.31. The molecule has 0 bridgehead atoms. The van der Waals surface area contributed by atoms with Gasteiger partial charge in [-0.3, -0.25) is 0 Å². The topological polar surface area (TPSA) is 47.3 Å². The number of halogens is 1. The van der Waals surface area contributed by atoms with Crippen LogP contribution in [0.2, 0.25) is 5.02 Å². The van der Waals surface area contributed by atoms with Gasteiger partial charge in [0.15, 0.2) is 0 Å². The van der Waals surface area contributed by atoms with Crippen molar-refractivity contribution < 1.29 is 4.74 Å². The van der Waals surface area contributed by atoms with Gasteiger partial charge in [-0.2, -0.15) is 0 Å². The summed E-state index contributed by atoms with van der Waals surface area (Å²) in [4.78, 5) is 0. The van der Waals surface area contributed by atoms with Gasteiger partial charge in [0.2, 0.25) is 0 Å². The molecular weight excluding hydrogens is 200 g/mol. The normalized spacial score (nSPS) is 10.1. The summed E-state index contributed by atoms with van der Waals surface area (Å²) in [5, 5.41) is 3.82. The summed E-state index contributed by atoms with van der Waals surface area (Å²) in [6.45, 7) is 4.13. The summed E-state index contributed by atoms with van der Waals surface area (Å²) in [5.74, 6) is 0. The molecule has 0 aliphatic carbocycles. The van der Waals surface area contributed by atoms with Crippen molar-refractivity contribution in [3.8, 4) is 0 Å². The number of ether oxygens (including phenoxy) is 1. The SMILES string of the molecule is CCOCCNc1ccc(Cl)cc1N. The van der Waals surface area contributed by atoms with Crippen molar-refractivity contribution in [2.75, 3.05) is 30.8 Å². The van der Waals surface area contributed by atoms with E-state index in [1.54, 1.807) is 12.1 Å². The van der Waals surface area contributed by atoms with Gasteiger partial charge in [0.1, 0.15) is 0 Å². The minimum atomic E-state index is 0.651. The molecule has 1 aromatic rings. The standard InChI is InChI=1S/C10H15ClN2O/c1-2-14-6-5-13-10-4-3-8(11)7-9(10)12/h3-4,7,13H,2,5-6,12H2,1H3. The molecule has 0 radical (unpaired) electrons. The molecule has 1 rings (SSSR count). The summed E-state index contributed by atoms with van der Waals surface area (Å²) in [5.41, 5.74) is 7.31. The molecule has 0 aromatic heterocycles. The zero-order valence-corrected chi connectivity index (χ0v) is 8.97. The quantitative estimate of drug-likeness (QED) is 0.585. The van der Waals surface area contributed by atoms with E-state index in [0.717, 1.165) is 18.8 Å². The van der Waals surface area contributed by atoms with Crippen molar-refractivity contribution in [3.63, 3.8) is 0 Å². The van der Waals surface area contributed by atoms with Crippen LogP contribution in [0.4, 0.5) is 11.4 Å². The maximum atomic E-state index is 5.77. The fraction of sp³-hybridized carbons (Fsp3) is 0.400. The first-order chi connectivity index (χ1) is 6.74. The number of rotatable bonds is 5. The zero-order valence-electron chi connectivity index (χ0n) is 8.22. The first kappa shape index (κ1) is 11.1. The molecule has 0 spiro atoms. The summed E-state index contributed by atoms with van der Waals surface area (Å²) >= 11 is 5.77. The molecule has 78 valence electrons. The lowest BCUT2D eigenvalue weighted by molar-refractivity contribution is 0.158. The van der Waals surface area contributed by atoms with E-state index in [1.165, 1.54) is 0 Å². The van der Waals surface area contributed by atoms with Crippen LogP contribution in [-0.2, 0) is 4.74 Å². The predicted octanol–water partition coefficient (Wildman–Crippen LogP) is 2.37. The largest absolute Gasteiger partial charge is 0.397 e. The zero-order chi connectivity index (χ0) is 10.4. The third-order valence-corrected chi connectivity index (χ3v) is 2.01. The van der Waals surface area contributed by atoms with Crippen molar-refractivity contribution in [2.24, 2.45) is 0 Å². The summed E-state index contributed by atoms with van der Waals surface area (Å²) in [6, 6.07) is 5.40. The van der Waals surface area contributed by atoms with Crippen molar-refractivity contribution in [2.45, 2.75) is 6.92 Å². The molecule has 0 amide bonds. The van der Waals surface area contributed by atoms with Gasteiger partial charge < -0.3 is 15.8 Å². The summed E-state index contributed by atoms with van der Waals surface area (Å²) in [7, 11) is 0. The van der Waals surface area contributed by atoms with Crippen LogP contribution in [0.5, 0.6) is 0 Å². The van der Waals surface area contributed by atoms with Gasteiger partial charge >= 0.3 is 0 Å². The summed E-state index contributed by atoms with van der Waals surface area (Å²) in [6.07, 6.45) is 0. The Morgan fingerprint density at radius 1 is 1.50 bits per heavy atom. The van der Waals surface area contributed by atoms with Crippen LogP contribution in [0.1, 0.15) is 6.92 Å². The first-order valence-electron chi connectivity index (χ1n) is 4.60. The number of hydrogen-bond acceptors (Lipinski definition) is 3. The van der Waals surface area contributed by atoms with Crippen molar-refractivity contribution in [1.82, 2.24) is 0 Å². The summed E-state index contributed by atoms with van der Waals surface area (Å²) < 4.78 is 5.19. The predicted molar refractivity (Wildman–Crippen MR) is 60.8 cm³/mol. The Morgan fingerprint density at radius 2 is 2.29 bits per heavy atom. The number of nitrogens with one attached hydrogen (secondary N) is 1. The molecule has 3 N–H and O–H groups in total. The van der Waals surface area contributed by atoms with Gasteiger partial charge in [-0.15, -0.1) is 0 Å². The molecule has 14 heavy (non-hydrogen) atoms. The lowest BCUT2D eigenvalue weighted by Crippen LogP contribution is -2.10. The number of nitrogen functional groups attached to an aromatic ring is 1. The fourth-order valence-electron chi connectivity index (χ4n) is 1.10. The Morgan fingerprint density at radius 3 is 2.93 bits per heavy atom. The van der Waals surface area contributed by atoms with Gasteiger partial charge in [-0.05, 0) is 25.1 Å². The second kappa shape index (κ2) is 5.73. The minimum absolute atomic E-state index is 0.651. The van der Waals surface area contributed by atoms with E-state index < -0.39 is 0 Å². The van der Waals surface area contributed by atoms with Gasteiger partial charge in [0, 0.05) is 18.2 Å². The third kappa shape index (κ3) is 3.44. The fourth-order valence-corrected chi connectivity index (χ4v) is 1.28. The van der Waals surface area contributed by atoms with Crippen LogP contribution in [0.3, 0.4) is 0 Å². The molecule has 0 heterocycles. The first-order valence-corrected chi connectivity index (χ1v) is 4.98. The van der Waals surface area contributed by atoms with Crippen LogP contribution >= 0.6 is 11.6 Å². The van der Waals surface area contributed by atoms with E-state index in [-0.39, 0.29) is 0 Å². The van der Waals surface area contributed by atoms with Crippen molar-refractivity contribution in [1.29, 1.82) is 0 Å². The smallest absolute Gasteiger partial charge is 0.0638 e. The second-order valence-corrected chi connectivity index (χ2v) is 3.29. The van der Waals surface area contributed by atoms with Crippen molar-refractivity contribution in [3.05, 3.63) is 23.2 Å². The Kier molecular flexibility index (Phi) is 4.56. The van der Waals surface area contributed by atoms with Crippen LogP contribution in [0.25, 0.3) is 0 Å². The molecule has 0 aliphatic heterocycles. The van der Waals surface area contributed by atoms with E-state index in [1.807, 2.05) is 13.0 Å². The Balaban J connectivity index is 2.42. The lowest BCUT2D eigenvalue weighted by Gasteiger charge is -2.09. The van der Waals surface area contributed by atoms with Crippen molar-refractivity contribution >= 4 is 23.0 Å². The molecule has 0 unspecified atom stereocenters. The number of nitrogens with two attached hydrogens (primary N) is 1. The number of anilines is 2. The van der Waals surface area contributed by atoms with E-state index in [2.05, 4.69) is 5.32 Å². The highest BCUT2D eigenvalue weighted by atomic mass is 35.5. The molecule has 0 fully saturated rings. The molecule has 0 aliphatic rings. The molecule has 0 saturated heterocycles. The minimum Gasteiger partial charge on any atom is -0.397 e. The van der Waals surface area contributed by atoms with E-state index in [4.69, 9.17) is 22.1 Å². The lowest BCUT2D eigenvalue weighted by atomic mass is 10.2. The molecule has 3 nitrogen and oxygen atoms in total. The Bertz CT molecular complexity index is 291. The highest BCUT2D eigenvalue weighted by Gasteiger charge is 1.98. The van der Waals surface area contributed by atoms with Crippen LogP contribution in [0, 0.1) is 0 Å². The highest BCUT2D eigenvalue weighted by Crippen LogP contribution is 2.22. The van der Waals surface area contributed by atoms with Crippen LogP contribution < -0.4 is 11.1 Å². The molecular formula is C10H15ClN2O. The maximum Gasteiger partial charge on any atom is 0.0638 e. The van der Waals surface area contributed by atoms with Crippen LogP contribution in [-0.4, -0.2) is 19.8 Å². The molecule has 1 aromatic carbocycles. The van der Waals surface area contributed by atoms with Crippen LogP contribution in [0.15, 0.2) is 18.2 Å². The van der Waals surface area contributed by atoms with E-state index >= 15 is 0 Å². The van der Waals surface area contributed by atoms with E-state index in [0.29, 0.717) is 17.3 Å². The average molecular weight is 215 g/mol. The van der Waals surface area contributed by atoms with Gasteiger partial charge in [-0.25, -0.2) is 0 Å². The van der Waals surface area contributed by atoms with E-state index in [9.17, 15) is 0 Å². The van der Waals surface area contributed by atoms with Gasteiger partial charge in [0.05, 0.1) is 18.0 Å². The van der Waals surface area contributed by atoms with Gasteiger partial charge in [0.25, 0.3) is 0 Å². The second-order valence-electron chi connectivity index (χ2n) is 2.86.